The summed E-state index contributed by atoms with van der Waals surface area (Å²) in [4.78, 5) is 81.8. The van der Waals surface area contributed by atoms with E-state index in [1.54, 1.807) is 78.9 Å². The van der Waals surface area contributed by atoms with Crippen LogP contribution in [0.3, 0.4) is 0 Å². The molecule has 9 aromatic rings. The minimum absolute atomic E-state index is 0.0982. The second-order valence-corrected chi connectivity index (χ2v) is 21.3. The van der Waals surface area contributed by atoms with Crippen molar-refractivity contribution in [2.45, 2.75) is 32.7 Å². The van der Waals surface area contributed by atoms with E-state index >= 15 is 0 Å². The number of benzene rings is 5. The fraction of sp³-hybridized carbons (Fsp3) is 0.197. The van der Waals surface area contributed by atoms with Crippen LogP contribution >= 0.6 is 0 Å². The first-order chi connectivity index (χ1) is 41.5. The zero-order chi connectivity index (χ0) is 60.8. The van der Waals surface area contributed by atoms with E-state index in [0.717, 1.165) is 33.6 Å². The summed E-state index contributed by atoms with van der Waals surface area (Å²) in [6, 6.07) is 42.1. The number of pyridine rings is 4. The molecule has 0 bridgehead atoms. The molecule has 2 aliphatic rings. The molecule has 3 amide bonds. The van der Waals surface area contributed by atoms with Gasteiger partial charge in [-0.05, 0) is 113 Å². The number of nitrogen functional groups attached to an aromatic ring is 1. The number of ether oxygens (including phenoxy) is 1. The highest BCUT2D eigenvalue weighted by molar-refractivity contribution is 6.10. The Bertz CT molecular complexity index is 4160. The second kappa shape index (κ2) is 25.5. The summed E-state index contributed by atoms with van der Waals surface area (Å²) in [5, 5.41) is 29.9. The topological polar surface area (TPSA) is 246 Å². The van der Waals surface area contributed by atoms with E-state index in [-0.39, 0.29) is 48.4 Å². The molecule has 0 saturated carbocycles. The monoisotopic (exact) mass is 1150 g/mol. The normalized spacial score (nSPS) is 12.6. The number of aromatic nitrogens is 4. The maximum Gasteiger partial charge on any atom is 0.411 e. The van der Waals surface area contributed by atoms with Gasteiger partial charge in [-0.1, -0.05) is 54.6 Å². The number of hydrogen-bond donors (Lipinski definition) is 6. The zero-order valence-electron chi connectivity index (χ0n) is 48.5. The molecule has 5 aromatic carbocycles. The number of aliphatic hydroxyl groups excluding tert-OH is 2. The van der Waals surface area contributed by atoms with Gasteiger partial charge in [-0.25, -0.2) is 14.8 Å². The number of aliphatic hydroxyl groups is 2. The van der Waals surface area contributed by atoms with Crippen LogP contribution in [0.4, 0.5) is 61.9 Å². The molecule has 0 atom stereocenters. The van der Waals surface area contributed by atoms with Crippen molar-refractivity contribution < 1.29 is 29.3 Å². The Hall–Kier alpha value is -10.6. The number of hydrogen-bond acceptors (Lipinski definition) is 15. The van der Waals surface area contributed by atoms with Gasteiger partial charge in [0, 0.05) is 148 Å². The molecule has 0 saturated heterocycles. The van der Waals surface area contributed by atoms with Crippen molar-refractivity contribution in [2.24, 2.45) is 14.1 Å². The molecule has 0 radical (unpaired) electrons. The Balaban J connectivity index is 0.000000196. The molecule has 0 spiro atoms. The first-order valence-electron chi connectivity index (χ1n) is 27.8. The van der Waals surface area contributed by atoms with E-state index < -0.39 is 6.09 Å². The molecule has 0 unspecified atom stereocenters. The SMILES string of the molecule is CN(C)c1ccc2c(c1)CCN(c1cccc(-c3cc(Nc4cc(N)ccn4)c(=O)n(C)c3)c1CO)C2=O.CN(C)c1ccc2c(c1)CCN(c1cccc(-c3cc(Nc4cc(NC(=O)OCc5ccccc5)ccn4)c(=O)n(C)c3)c1CO)C2=O. The van der Waals surface area contributed by atoms with Crippen LogP contribution in [0.1, 0.15) is 48.5 Å². The first kappa shape index (κ1) is 58.6. The molecule has 6 heterocycles. The van der Waals surface area contributed by atoms with Crippen molar-refractivity contribution in [3.05, 3.63) is 224 Å². The highest BCUT2D eigenvalue weighted by atomic mass is 16.5. The molecule has 7 N–H and O–H groups in total. The van der Waals surface area contributed by atoms with E-state index in [4.69, 9.17) is 10.5 Å². The smallest absolute Gasteiger partial charge is 0.411 e. The summed E-state index contributed by atoms with van der Waals surface area (Å²) in [6.07, 6.45) is 7.24. The lowest BCUT2D eigenvalue weighted by molar-refractivity contribution is 0.0972. The van der Waals surface area contributed by atoms with Gasteiger partial charge in [0.2, 0.25) is 0 Å². The Morgan fingerprint density at radius 3 is 1.55 bits per heavy atom. The molecular formula is C66H66N12O8. The van der Waals surface area contributed by atoms with Crippen LogP contribution in [0.2, 0.25) is 0 Å². The number of amides is 3. The van der Waals surface area contributed by atoms with Gasteiger partial charge in [0.15, 0.2) is 0 Å². The molecule has 11 rings (SSSR count). The molecule has 86 heavy (non-hydrogen) atoms. The Morgan fingerprint density at radius 2 is 1.07 bits per heavy atom. The Morgan fingerprint density at radius 1 is 0.581 bits per heavy atom. The molecule has 2 aliphatic heterocycles. The van der Waals surface area contributed by atoms with Gasteiger partial charge in [0.25, 0.3) is 22.9 Å². The number of aryl methyl sites for hydroxylation is 2. The molecule has 0 aliphatic carbocycles. The van der Waals surface area contributed by atoms with Crippen molar-refractivity contribution in [2.75, 3.05) is 82.6 Å². The number of nitrogens with two attached hydrogens (primary N) is 1. The van der Waals surface area contributed by atoms with Crippen LogP contribution in [-0.2, 0) is 51.5 Å². The predicted octanol–water partition coefficient (Wildman–Crippen LogP) is 9.24. The summed E-state index contributed by atoms with van der Waals surface area (Å²) in [6.45, 7) is 0.502. The van der Waals surface area contributed by atoms with Gasteiger partial charge in [0.1, 0.15) is 29.6 Å². The van der Waals surface area contributed by atoms with Crippen LogP contribution in [0.15, 0.2) is 174 Å². The number of nitrogens with one attached hydrogen (secondary N) is 3. The zero-order valence-corrected chi connectivity index (χ0v) is 48.5. The lowest BCUT2D eigenvalue weighted by atomic mass is 9.94. The lowest BCUT2D eigenvalue weighted by Gasteiger charge is -2.31. The number of fused-ring (bicyclic) bond motifs is 2. The number of anilines is 10. The third-order valence-corrected chi connectivity index (χ3v) is 15.1. The van der Waals surface area contributed by atoms with Crippen LogP contribution < -0.4 is 52.4 Å². The first-order valence-corrected chi connectivity index (χ1v) is 27.8. The number of nitrogens with zero attached hydrogens (tertiary/aromatic N) is 8. The summed E-state index contributed by atoms with van der Waals surface area (Å²) in [5.74, 6) is 0.556. The average molecular weight is 1160 g/mol. The standard InChI is InChI=1S/C37H36N6O5.C29H30N6O3/c1-41(2)28-12-13-30-25(18-28)15-17-43(35(30)45)33-11-7-10-29(31(33)22-44)26-19-32(36(46)42(3)21-26)40-34-20-27(14-16-38-34)39-37(47)48-23-24-8-5-4-6-9-24;1-33(2)21-7-8-23-18(13-21)10-12-35(28(23)37)26-6-4-5-22(24(26)17-36)19-14-25(29(38)34(3)16-19)32-27-15-20(30)9-11-31-27/h4-14,16,18-21,44H,15,17,22-23H2,1-3H3,(H2,38,39,40,47);4-9,11,13-16,36H,10,12,17H2,1-3H3,(H3,30,31,32). The quantitative estimate of drug-likeness (QED) is 0.0560. The highest BCUT2D eigenvalue weighted by Crippen LogP contribution is 2.38. The van der Waals surface area contributed by atoms with E-state index in [9.17, 15) is 34.2 Å². The Kier molecular flexibility index (Phi) is 17.4. The lowest BCUT2D eigenvalue weighted by Crippen LogP contribution is -2.38. The van der Waals surface area contributed by atoms with E-state index in [1.165, 1.54) is 15.3 Å². The van der Waals surface area contributed by atoms with Gasteiger partial charge < -0.3 is 60.1 Å². The van der Waals surface area contributed by atoms with Gasteiger partial charge in [0.05, 0.1) is 24.6 Å². The fourth-order valence-corrected chi connectivity index (χ4v) is 10.6. The van der Waals surface area contributed by atoms with Crippen molar-refractivity contribution in [3.8, 4) is 22.3 Å². The highest BCUT2D eigenvalue weighted by Gasteiger charge is 2.30. The summed E-state index contributed by atoms with van der Waals surface area (Å²) >= 11 is 0. The summed E-state index contributed by atoms with van der Waals surface area (Å²) in [7, 11) is 11.2. The molecule has 20 heteroatoms. The maximum atomic E-state index is 13.7. The van der Waals surface area contributed by atoms with Gasteiger partial charge >= 0.3 is 6.09 Å². The largest absolute Gasteiger partial charge is 0.444 e. The predicted molar refractivity (Wildman–Crippen MR) is 338 cm³/mol. The molecule has 438 valence electrons. The summed E-state index contributed by atoms with van der Waals surface area (Å²) in [5.41, 5.74) is 18.3. The Labute approximate surface area is 497 Å². The third kappa shape index (κ3) is 12.7. The third-order valence-electron chi connectivity index (χ3n) is 15.1. The van der Waals surface area contributed by atoms with Crippen molar-refractivity contribution >= 4 is 75.0 Å². The number of carbonyl (C=O) groups is 3. The van der Waals surface area contributed by atoms with Crippen LogP contribution in [0, 0.1) is 0 Å². The number of rotatable bonds is 15. The van der Waals surface area contributed by atoms with Gasteiger partial charge in [-0.2, -0.15) is 0 Å². The molecule has 0 fully saturated rings. The van der Waals surface area contributed by atoms with Crippen LogP contribution in [0.25, 0.3) is 22.3 Å². The molecule has 4 aromatic heterocycles. The van der Waals surface area contributed by atoms with Gasteiger partial charge in [-0.3, -0.25) is 24.5 Å². The van der Waals surface area contributed by atoms with Crippen molar-refractivity contribution in [1.29, 1.82) is 0 Å². The van der Waals surface area contributed by atoms with E-state index in [0.29, 0.717) is 105 Å². The van der Waals surface area contributed by atoms with Crippen LogP contribution in [-0.4, -0.2) is 88.5 Å². The average Bonchev–Trinajstić information content (AvgIpc) is 1.56. The second-order valence-electron chi connectivity index (χ2n) is 21.3. The van der Waals surface area contributed by atoms with E-state index in [1.807, 2.05) is 135 Å². The maximum absolute atomic E-state index is 13.7. The van der Waals surface area contributed by atoms with E-state index in [2.05, 4.69) is 32.0 Å². The van der Waals surface area contributed by atoms with Crippen LogP contribution in [0.5, 0.6) is 0 Å². The summed E-state index contributed by atoms with van der Waals surface area (Å²) < 4.78 is 8.23. The molecular weight excluding hydrogens is 1090 g/mol. The minimum Gasteiger partial charge on any atom is -0.444 e. The van der Waals surface area contributed by atoms with Crippen molar-refractivity contribution in [3.63, 3.8) is 0 Å². The number of carbonyl (C=O) groups excluding carboxylic acids is 3. The minimum atomic E-state index is -0.626. The fourth-order valence-electron chi connectivity index (χ4n) is 10.6. The molecule has 20 nitrogen and oxygen atoms in total. The van der Waals surface area contributed by atoms with Crippen molar-refractivity contribution in [1.82, 2.24) is 19.1 Å². The van der Waals surface area contributed by atoms with Gasteiger partial charge in [-0.15, -0.1) is 0 Å².